The number of anilines is 1. The number of fused-ring (bicyclic) bond motifs is 1. The standard InChI is InChI=1S/C16H15N3O3S/c1-3-22-11-4-5-12-14(7-11)23-16(18-12)19-15(21)13-6-10(8-17-13)9(2)20/h4-8,17H,3H2,1-2H3,(H,18,19,21). The minimum absolute atomic E-state index is 0.0938. The minimum atomic E-state index is -0.332. The molecule has 0 aliphatic heterocycles. The molecule has 1 aromatic carbocycles. The molecule has 0 radical (unpaired) electrons. The Bertz CT molecular complexity index is 882. The van der Waals surface area contributed by atoms with E-state index in [1.165, 1.54) is 30.5 Å². The summed E-state index contributed by atoms with van der Waals surface area (Å²) in [7, 11) is 0. The number of aromatic amines is 1. The van der Waals surface area contributed by atoms with Crippen LogP contribution in [0.2, 0.25) is 0 Å². The van der Waals surface area contributed by atoms with Crippen LogP contribution >= 0.6 is 11.3 Å². The van der Waals surface area contributed by atoms with Crippen molar-refractivity contribution in [2.75, 3.05) is 11.9 Å². The van der Waals surface area contributed by atoms with E-state index in [2.05, 4.69) is 15.3 Å². The third-order valence-electron chi connectivity index (χ3n) is 3.23. The molecule has 0 atom stereocenters. The van der Waals surface area contributed by atoms with E-state index in [-0.39, 0.29) is 11.7 Å². The Labute approximate surface area is 136 Å². The van der Waals surface area contributed by atoms with Gasteiger partial charge in [0.05, 0.1) is 16.8 Å². The summed E-state index contributed by atoms with van der Waals surface area (Å²) < 4.78 is 6.39. The monoisotopic (exact) mass is 329 g/mol. The smallest absolute Gasteiger partial charge is 0.273 e. The Morgan fingerprint density at radius 2 is 2.17 bits per heavy atom. The molecule has 0 aliphatic rings. The highest BCUT2D eigenvalue weighted by Crippen LogP contribution is 2.29. The normalized spacial score (nSPS) is 10.7. The lowest BCUT2D eigenvalue weighted by atomic mass is 10.2. The fourth-order valence-corrected chi connectivity index (χ4v) is 3.00. The molecule has 0 fully saturated rings. The third-order valence-corrected chi connectivity index (χ3v) is 4.16. The number of hydrogen-bond acceptors (Lipinski definition) is 5. The number of aromatic nitrogens is 2. The summed E-state index contributed by atoms with van der Waals surface area (Å²) >= 11 is 1.37. The van der Waals surface area contributed by atoms with E-state index in [0.717, 1.165) is 16.0 Å². The predicted octanol–water partition coefficient (Wildman–Crippen LogP) is 3.48. The maximum Gasteiger partial charge on any atom is 0.273 e. The van der Waals surface area contributed by atoms with Crippen molar-refractivity contribution in [1.29, 1.82) is 0 Å². The third kappa shape index (κ3) is 3.24. The quantitative estimate of drug-likeness (QED) is 0.702. The molecule has 23 heavy (non-hydrogen) atoms. The van der Waals surface area contributed by atoms with E-state index in [9.17, 15) is 9.59 Å². The molecule has 0 bridgehead atoms. The van der Waals surface area contributed by atoms with Gasteiger partial charge in [-0.1, -0.05) is 11.3 Å². The number of ether oxygens (including phenoxy) is 1. The number of H-pyrrole nitrogens is 1. The first-order chi connectivity index (χ1) is 11.1. The second kappa shape index (κ2) is 6.21. The van der Waals surface area contributed by atoms with Gasteiger partial charge in [0, 0.05) is 11.8 Å². The van der Waals surface area contributed by atoms with Crippen LogP contribution in [0.5, 0.6) is 5.75 Å². The van der Waals surface area contributed by atoms with Gasteiger partial charge in [-0.3, -0.25) is 14.9 Å². The van der Waals surface area contributed by atoms with Crippen LogP contribution in [0.15, 0.2) is 30.5 Å². The number of nitrogens with zero attached hydrogens (tertiary/aromatic N) is 1. The van der Waals surface area contributed by atoms with E-state index in [4.69, 9.17) is 4.74 Å². The molecule has 0 aliphatic carbocycles. The maximum atomic E-state index is 12.2. The topological polar surface area (TPSA) is 84.1 Å². The van der Waals surface area contributed by atoms with Crippen molar-refractivity contribution < 1.29 is 14.3 Å². The molecule has 2 heterocycles. The number of benzene rings is 1. The van der Waals surface area contributed by atoms with Crippen LogP contribution in [0.4, 0.5) is 5.13 Å². The maximum absolute atomic E-state index is 12.2. The number of ketones is 1. The van der Waals surface area contributed by atoms with Crippen LogP contribution in [0.3, 0.4) is 0 Å². The minimum Gasteiger partial charge on any atom is -0.494 e. The molecular weight excluding hydrogens is 314 g/mol. The van der Waals surface area contributed by atoms with Crippen LogP contribution in [-0.4, -0.2) is 28.3 Å². The highest BCUT2D eigenvalue weighted by molar-refractivity contribution is 7.22. The SMILES string of the molecule is CCOc1ccc2nc(NC(=O)c3cc(C(C)=O)c[nH]3)sc2c1. The Balaban J connectivity index is 1.80. The van der Waals surface area contributed by atoms with Crippen molar-refractivity contribution in [2.24, 2.45) is 0 Å². The zero-order valence-corrected chi connectivity index (χ0v) is 13.5. The van der Waals surface area contributed by atoms with Crippen LogP contribution in [0.1, 0.15) is 34.7 Å². The Kier molecular flexibility index (Phi) is 4.12. The summed E-state index contributed by atoms with van der Waals surface area (Å²) in [6, 6.07) is 7.13. The zero-order chi connectivity index (χ0) is 16.4. The van der Waals surface area contributed by atoms with Crippen LogP contribution < -0.4 is 10.1 Å². The first-order valence-electron chi connectivity index (χ1n) is 7.11. The zero-order valence-electron chi connectivity index (χ0n) is 12.7. The Hall–Kier alpha value is -2.67. The second-order valence-corrected chi connectivity index (χ2v) is 5.92. The molecule has 1 amide bonds. The van der Waals surface area contributed by atoms with E-state index >= 15 is 0 Å². The number of rotatable bonds is 5. The van der Waals surface area contributed by atoms with Crippen molar-refractivity contribution in [1.82, 2.24) is 9.97 Å². The number of Topliss-reactive ketones (excluding diaryl/α,β-unsaturated/α-hetero) is 1. The highest BCUT2D eigenvalue weighted by Gasteiger charge is 2.13. The molecule has 3 rings (SSSR count). The van der Waals surface area contributed by atoms with Gasteiger partial charge in [0.25, 0.3) is 5.91 Å². The van der Waals surface area contributed by atoms with Gasteiger partial charge < -0.3 is 9.72 Å². The Morgan fingerprint density at radius 3 is 2.87 bits per heavy atom. The van der Waals surface area contributed by atoms with Crippen molar-refractivity contribution in [3.63, 3.8) is 0 Å². The van der Waals surface area contributed by atoms with Gasteiger partial charge in [-0.15, -0.1) is 0 Å². The van der Waals surface area contributed by atoms with Crippen LogP contribution in [-0.2, 0) is 0 Å². The van der Waals surface area contributed by atoms with Gasteiger partial charge in [0.15, 0.2) is 10.9 Å². The van der Waals surface area contributed by atoms with Crippen LogP contribution in [0.25, 0.3) is 10.2 Å². The molecule has 0 saturated heterocycles. The Morgan fingerprint density at radius 1 is 1.35 bits per heavy atom. The van der Waals surface area contributed by atoms with E-state index in [0.29, 0.717) is 23.0 Å². The molecule has 6 nitrogen and oxygen atoms in total. The highest BCUT2D eigenvalue weighted by atomic mass is 32.1. The predicted molar refractivity (Wildman–Crippen MR) is 89.5 cm³/mol. The molecule has 2 aromatic heterocycles. The number of carbonyl (C=O) groups is 2. The van der Waals surface area contributed by atoms with Crippen molar-refractivity contribution in [3.05, 3.63) is 41.7 Å². The average molecular weight is 329 g/mol. The lowest BCUT2D eigenvalue weighted by Crippen LogP contribution is -2.11. The van der Waals surface area contributed by atoms with Gasteiger partial charge >= 0.3 is 0 Å². The first kappa shape index (κ1) is 15.2. The average Bonchev–Trinajstić information content (AvgIpc) is 3.13. The first-order valence-corrected chi connectivity index (χ1v) is 7.92. The molecule has 2 N–H and O–H groups in total. The fraction of sp³-hybridized carbons (Fsp3) is 0.188. The lowest BCUT2D eigenvalue weighted by molar-refractivity contribution is 0.101. The largest absolute Gasteiger partial charge is 0.494 e. The fourth-order valence-electron chi connectivity index (χ4n) is 2.11. The van der Waals surface area contributed by atoms with Gasteiger partial charge in [0.1, 0.15) is 11.4 Å². The summed E-state index contributed by atoms with van der Waals surface area (Å²) in [5, 5.41) is 3.23. The summed E-state index contributed by atoms with van der Waals surface area (Å²) in [6.07, 6.45) is 1.52. The van der Waals surface area contributed by atoms with Crippen molar-refractivity contribution in [3.8, 4) is 5.75 Å². The van der Waals surface area contributed by atoms with Crippen LogP contribution in [0, 0.1) is 0 Å². The molecule has 7 heteroatoms. The summed E-state index contributed by atoms with van der Waals surface area (Å²) in [4.78, 5) is 30.6. The number of amides is 1. The lowest BCUT2D eigenvalue weighted by Gasteiger charge is -2.00. The van der Waals surface area contributed by atoms with Gasteiger partial charge in [0.2, 0.25) is 0 Å². The number of thiazole rings is 1. The number of hydrogen-bond donors (Lipinski definition) is 2. The van der Waals surface area contributed by atoms with E-state index in [1.54, 1.807) is 0 Å². The van der Waals surface area contributed by atoms with Gasteiger partial charge in [-0.2, -0.15) is 0 Å². The summed E-state index contributed by atoms with van der Waals surface area (Å²) in [6.45, 7) is 3.97. The molecule has 0 unspecified atom stereocenters. The molecular formula is C16H15N3O3S. The van der Waals surface area contributed by atoms with Gasteiger partial charge in [-0.25, -0.2) is 4.98 Å². The van der Waals surface area contributed by atoms with Gasteiger partial charge in [-0.05, 0) is 38.1 Å². The summed E-state index contributed by atoms with van der Waals surface area (Å²) in [5.74, 6) is 0.349. The molecule has 118 valence electrons. The second-order valence-electron chi connectivity index (χ2n) is 4.89. The summed E-state index contributed by atoms with van der Waals surface area (Å²) in [5.41, 5.74) is 1.59. The molecule has 0 saturated carbocycles. The number of carbonyl (C=O) groups excluding carboxylic acids is 2. The number of nitrogens with one attached hydrogen (secondary N) is 2. The van der Waals surface area contributed by atoms with E-state index in [1.807, 2.05) is 25.1 Å². The molecule has 0 spiro atoms. The van der Waals surface area contributed by atoms with E-state index < -0.39 is 0 Å². The van der Waals surface area contributed by atoms with Crippen molar-refractivity contribution >= 4 is 38.4 Å². The molecule has 3 aromatic rings. The van der Waals surface area contributed by atoms with Crippen molar-refractivity contribution in [2.45, 2.75) is 13.8 Å².